The van der Waals surface area contributed by atoms with Crippen molar-refractivity contribution in [3.05, 3.63) is 52.1 Å². The SMILES string of the molecule is O=S1CCc2nc(Cl)nc(NC3(CO)CC3)c21.O=S1CCc2nc(N3CCC(c4ccc(F)cc4F)CC3)nc(NC3(CO)CC3)c21. The summed E-state index contributed by atoms with van der Waals surface area (Å²) in [7, 11) is -2.18. The van der Waals surface area contributed by atoms with Crippen molar-refractivity contribution in [2.45, 2.75) is 78.2 Å². The number of hydrogen-bond donors (Lipinski definition) is 4. The van der Waals surface area contributed by atoms with Gasteiger partial charge in [0.25, 0.3) is 0 Å². The molecule has 5 heterocycles. The van der Waals surface area contributed by atoms with E-state index >= 15 is 0 Å². The van der Waals surface area contributed by atoms with Gasteiger partial charge in [-0.15, -0.1) is 0 Å². The van der Waals surface area contributed by atoms with Gasteiger partial charge in [0.2, 0.25) is 11.2 Å². The first-order chi connectivity index (χ1) is 22.6. The van der Waals surface area contributed by atoms with E-state index in [4.69, 9.17) is 16.6 Å². The van der Waals surface area contributed by atoms with Gasteiger partial charge >= 0.3 is 0 Å². The van der Waals surface area contributed by atoms with Crippen molar-refractivity contribution in [3.63, 3.8) is 0 Å². The van der Waals surface area contributed by atoms with Crippen molar-refractivity contribution in [1.82, 2.24) is 19.9 Å². The van der Waals surface area contributed by atoms with Crippen LogP contribution < -0.4 is 15.5 Å². The number of hydrogen-bond acceptors (Lipinski definition) is 11. The lowest BCUT2D eigenvalue weighted by Gasteiger charge is -2.33. The molecule has 2 atom stereocenters. The lowest BCUT2D eigenvalue weighted by Crippen LogP contribution is -2.35. The fourth-order valence-corrected chi connectivity index (χ4v) is 9.13. The van der Waals surface area contributed by atoms with Crippen molar-refractivity contribution in [2.75, 3.05) is 53.3 Å². The van der Waals surface area contributed by atoms with E-state index < -0.39 is 33.2 Å². The smallest absolute Gasteiger partial charge is 0.227 e. The van der Waals surface area contributed by atoms with Crippen molar-refractivity contribution in [2.24, 2.45) is 0 Å². The second-order valence-corrected chi connectivity index (χ2v) is 16.3. The number of rotatable bonds is 8. The third-order valence-electron chi connectivity index (χ3n) is 9.60. The molecule has 2 aliphatic carbocycles. The van der Waals surface area contributed by atoms with Crippen molar-refractivity contribution in [1.29, 1.82) is 0 Å². The van der Waals surface area contributed by atoms with Gasteiger partial charge in [-0.25, -0.2) is 18.7 Å². The molecule has 0 spiro atoms. The van der Waals surface area contributed by atoms with Crippen LogP contribution in [-0.4, -0.2) is 87.5 Å². The molecule has 8 rings (SSSR count). The largest absolute Gasteiger partial charge is 0.394 e. The predicted octanol–water partition coefficient (Wildman–Crippen LogP) is 3.47. The molecule has 1 saturated heterocycles. The molecule has 3 aliphatic heterocycles. The Morgan fingerprint density at radius 3 is 1.94 bits per heavy atom. The minimum absolute atomic E-state index is 0.0162. The third kappa shape index (κ3) is 6.74. The van der Waals surface area contributed by atoms with Crippen LogP contribution in [0, 0.1) is 11.6 Å². The van der Waals surface area contributed by atoms with Crippen molar-refractivity contribution >= 4 is 50.8 Å². The summed E-state index contributed by atoms with van der Waals surface area (Å²) in [6, 6.07) is 3.79. The van der Waals surface area contributed by atoms with E-state index in [9.17, 15) is 27.4 Å². The van der Waals surface area contributed by atoms with E-state index in [0.29, 0.717) is 70.4 Å². The first kappa shape index (κ1) is 32.7. The molecule has 5 aliphatic rings. The quantitative estimate of drug-likeness (QED) is 0.255. The number of aliphatic hydroxyl groups is 2. The number of fused-ring (bicyclic) bond motifs is 2. The molecule has 47 heavy (non-hydrogen) atoms. The van der Waals surface area contributed by atoms with E-state index in [-0.39, 0.29) is 35.5 Å². The van der Waals surface area contributed by atoms with Gasteiger partial charge in [-0.05, 0) is 67.7 Å². The van der Waals surface area contributed by atoms with Crippen LogP contribution in [-0.2, 0) is 34.4 Å². The van der Waals surface area contributed by atoms with Gasteiger partial charge in [-0.1, -0.05) is 6.07 Å². The third-order valence-corrected chi connectivity index (χ3v) is 12.7. The average Bonchev–Trinajstić information content (AvgIpc) is 3.95. The van der Waals surface area contributed by atoms with E-state index in [2.05, 4.69) is 30.5 Å². The highest BCUT2D eigenvalue weighted by atomic mass is 35.5. The lowest BCUT2D eigenvalue weighted by atomic mass is 9.89. The van der Waals surface area contributed by atoms with Gasteiger partial charge in [0.05, 0.1) is 57.3 Å². The molecule has 2 unspecified atom stereocenters. The Kier molecular flexibility index (Phi) is 8.96. The second-order valence-electron chi connectivity index (χ2n) is 12.9. The summed E-state index contributed by atoms with van der Waals surface area (Å²) < 4.78 is 51.7. The molecule has 4 N–H and O–H groups in total. The number of nitrogens with one attached hydrogen (secondary N) is 2. The summed E-state index contributed by atoms with van der Waals surface area (Å²) in [5, 5.41) is 25.6. The fraction of sp³-hybridized carbons (Fsp3) is 0.548. The summed E-state index contributed by atoms with van der Waals surface area (Å²) in [4.78, 5) is 21.0. The number of aromatic nitrogens is 4. The summed E-state index contributed by atoms with van der Waals surface area (Å²) >= 11 is 5.85. The molecule has 0 bridgehead atoms. The fourth-order valence-electron chi connectivity index (χ4n) is 6.33. The van der Waals surface area contributed by atoms with E-state index in [1.807, 2.05) is 0 Å². The molecular formula is C31H36ClF2N7O4S2. The molecular weight excluding hydrogens is 672 g/mol. The number of benzene rings is 1. The summed E-state index contributed by atoms with van der Waals surface area (Å²) in [5.41, 5.74) is 1.47. The number of anilines is 3. The van der Waals surface area contributed by atoms with Crippen molar-refractivity contribution in [3.8, 4) is 0 Å². The molecule has 0 radical (unpaired) electrons. The summed E-state index contributed by atoms with van der Waals surface area (Å²) in [5.74, 6) is 1.79. The zero-order valence-electron chi connectivity index (χ0n) is 25.6. The maximum absolute atomic E-state index is 14.2. The Labute approximate surface area is 280 Å². The Morgan fingerprint density at radius 1 is 0.851 bits per heavy atom. The van der Waals surface area contributed by atoms with Gasteiger partial charge in [0, 0.05) is 43.5 Å². The Hall–Kier alpha value is -2.85. The van der Waals surface area contributed by atoms with Gasteiger partial charge < -0.3 is 25.7 Å². The highest BCUT2D eigenvalue weighted by Gasteiger charge is 2.45. The minimum Gasteiger partial charge on any atom is -0.394 e. The zero-order chi connectivity index (χ0) is 32.9. The maximum atomic E-state index is 14.2. The van der Waals surface area contributed by atoms with Crippen LogP contribution in [0.3, 0.4) is 0 Å². The Bertz CT molecular complexity index is 1750. The summed E-state index contributed by atoms with van der Waals surface area (Å²) in [6.45, 7) is 1.39. The van der Waals surface area contributed by atoms with Gasteiger partial charge in [0.15, 0.2) is 0 Å². The Balaban J connectivity index is 0.000000174. The van der Waals surface area contributed by atoms with Crippen LogP contribution in [0.25, 0.3) is 0 Å². The van der Waals surface area contributed by atoms with E-state index in [1.165, 1.54) is 12.1 Å². The van der Waals surface area contributed by atoms with Crippen LogP contribution in [0.1, 0.15) is 61.4 Å². The molecule has 252 valence electrons. The van der Waals surface area contributed by atoms with E-state index in [0.717, 1.165) is 56.0 Å². The number of halogens is 3. The highest BCUT2D eigenvalue weighted by molar-refractivity contribution is 7.85. The van der Waals surface area contributed by atoms with Crippen LogP contribution in [0.5, 0.6) is 0 Å². The second kappa shape index (κ2) is 12.9. The molecule has 2 aromatic heterocycles. The molecule has 2 saturated carbocycles. The minimum atomic E-state index is -1.13. The zero-order valence-corrected chi connectivity index (χ0v) is 28.0. The topological polar surface area (TPSA) is 153 Å². The molecule has 16 heteroatoms. The van der Waals surface area contributed by atoms with E-state index in [1.54, 1.807) is 0 Å². The van der Waals surface area contributed by atoms with Crippen LogP contribution >= 0.6 is 11.6 Å². The molecule has 0 amide bonds. The summed E-state index contributed by atoms with van der Waals surface area (Å²) in [6.07, 6.45) is 6.27. The highest BCUT2D eigenvalue weighted by Crippen LogP contribution is 2.42. The average molecular weight is 708 g/mol. The lowest BCUT2D eigenvalue weighted by molar-refractivity contribution is 0.265. The maximum Gasteiger partial charge on any atom is 0.227 e. The standard InChI is InChI=1S/C21H24F2N4O2S.C10H12ClN3O2S/c22-14-1-2-15(16(23)11-14)13-3-8-27(9-4-13)20-24-17-5-10-30(29)18(17)19(25-20)26-21(12-28)6-7-21;11-9-12-6-1-4-17(16)7(6)8(13-9)14-10(5-15)2-3-10/h1-2,11,13,28H,3-10,12H2,(H,24,25,26);15H,1-5H2,(H,12,13,14). The number of aliphatic hydroxyl groups excluding tert-OH is 2. The molecule has 3 aromatic rings. The monoisotopic (exact) mass is 707 g/mol. The number of aryl methyl sites for hydroxylation is 2. The van der Waals surface area contributed by atoms with Crippen LogP contribution in [0.15, 0.2) is 28.0 Å². The Morgan fingerprint density at radius 2 is 1.40 bits per heavy atom. The number of nitrogens with zero attached hydrogens (tertiary/aromatic N) is 5. The van der Waals surface area contributed by atoms with Crippen LogP contribution in [0.4, 0.5) is 26.4 Å². The van der Waals surface area contributed by atoms with Crippen molar-refractivity contribution < 1.29 is 27.4 Å². The van der Waals surface area contributed by atoms with Gasteiger partial charge in [-0.3, -0.25) is 8.42 Å². The van der Waals surface area contributed by atoms with Gasteiger partial charge in [-0.2, -0.15) is 9.97 Å². The predicted molar refractivity (Wildman–Crippen MR) is 175 cm³/mol. The number of piperidine rings is 1. The normalized spacial score (nSPS) is 23.4. The first-order valence-electron chi connectivity index (χ1n) is 15.8. The molecule has 1 aromatic carbocycles. The first-order valence-corrected chi connectivity index (χ1v) is 18.9. The van der Waals surface area contributed by atoms with Gasteiger partial charge in [0.1, 0.15) is 33.1 Å². The molecule has 3 fully saturated rings. The molecule has 11 nitrogen and oxygen atoms in total. The van der Waals surface area contributed by atoms with Crippen LogP contribution in [0.2, 0.25) is 5.28 Å².